The number of carbonyl (C=O) groups excluding carboxylic acids is 1. The third-order valence-electron chi connectivity index (χ3n) is 4.05. The molecular weight excluding hydrogens is 264 g/mol. The molecule has 1 amide bonds. The van der Waals surface area contributed by atoms with E-state index in [2.05, 4.69) is 27.8 Å². The number of guanidine groups is 1. The van der Waals surface area contributed by atoms with Gasteiger partial charge in [-0.1, -0.05) is 6.07 Å². The molecular formula is C16H22N4O. The van der Waals surface area contributed by atoms with Gasteiger partial charge in [0, 0.05) is 12.2 Å². The molecule has 1 saturated carbocycles. The Balaban J connectivity index is 1.49. The second kappa shape index (κ2) is 6.16. The number of fused-ring (bicyclic) bond motifs is 1. The van der Waals surface area contributed by atoms with Crippen molar-refractivity contribution in [3.63, 3.8) is 0 Å². The molecule has 0 radical (unpaired) electrons. The first-order chi connectivity index (χ1) is 10.2. The summed E-state index contributed by atoms with van der Waals surface area (Å²) in [5.74, 6) is 0.898. The van der Waals surface area contributed by atoms with E-state index in [1.54, 1.807) is 0 Å². The monoisotopic (exact) mass is 286 g/mol. The molecule has 1 aromatic carbocycles. The van der Waals surface area contributed by atoms with Crippen molar-refractivity contribution in [3.8, 4) is 0 Å². The number of nitrogens with zero attached hydrogens (tertiary/aromatic N) is 1. The fourth-order valence-electron chi connectivity index (χ4n) is 2.63. The second-order valence-corrected chi connectivity index (χ2v) is 5.91. The lowest BCUT2D eigenvalue weighted by Gasteiger charge is -2.08. The van der Waals surface area contributed by atoms with E-state index in [-0.39, 0.29) is 18.4 Å². The molecule has 0 bridgehead atoms. The van der Waals surface area contributed by atoms with Gasteiger partial charge in [0.25, 0.3) is 0 Å². The second-order valence-electron chi connectivity index (χ2n) is 5.91. The van der Waals surface area contributed by atoms with Crippen molar-refractivity contribution in [3.05, 3.63) is 29.3 Å². The van der Waals surface area contributed by atoms with Crippen LogP contribution in [0, 0.1) is 5.92 Å². The standard InChI is InChI=1S/C16H22N4O/c17-16(19-10-15(21)18-9-11-4-5-11)20-14-7-6-12-2-1-3-13(12)8-14/h6-8,11H,1-5,9-10H2,(H,18,21)(H3,17,19,20). The van der Waals surface area contributed by atoms with E-state index < -0.39 is 0 Å². The van der Waals surface area contributed by atoms with E-state index in [0.29, 0.717) is 5.92 Å². The average Bonchev–Trinajstić information content (AvgIpc) is 3.19. The fraction of sp³-hybridized carbons (Fsp3) is 0.500. The number of hydrogen-bond donors (Lipinski definition) is 3. The summed E-state index contributed by atoms with van der Waals surface area (Å²) in [6.45, 7) is 0.850. The Labute approximate surface area is 125 Å². The van der Waals surface area contributed by atoms with E-state index in [1.165, 1.54) is 36.8 Å². The van der Waals surface area contributed by atoms with Gasteiger partial charge >= 0.3 is 0 Å². The van der Waals surface area contributed by atoms with Gasteiger partial charge in [-0.3, -0.25) is 4.79 Å². The predicted octanol–water partition coefficient (Wildman–Crippen LogP) is 1.43. The Kier molecular flexibility index (Phi) is 4.08. The molecule has 112 valence electrons. The van der Waals surface area contributed by atoms with Crippen molar-refractivity contribution in [1.82, 2.24) is 5.32 Å². The van der Waals surface area contributed by atoms with Gasteiger partial charge in [0.05, 0.1) is 0 Å². The normalized spacial score (nSPS) is 17.4. The number of benzene rings is 1. The van der Waals surface area contributed by atoms with Crippen LogP contribution in [0.2, 0.25) is 0 Å². The number of rotatable bonds is 5. The molecule has 0 spiro atoms. The minimum absolute atomic E-state index is 0.0689. The van der Waals surface area contributed by atoms with Gasteiger partial charge in [-0.2, -0.15) is 0 Å². The van der Waals surface area contributed by atoms with Crippen LogP contribution in [0.1, 0.15) is 30.4 Å². The molecule has 3 rings (SSSR count). The lowest BCUT2D eigenvalue weighted by molar-refractivity contribution is -0.119. The third-order valence-corrected chi connectivity index (χ3v) is 4.05. The van der Waals surface area contributed by atoms with Crippen LogP contribution >= 0.6 is 0 Å². The van der Waals surface area contributed by atoms with Gasteiger partial charge in [-0.15, -0.1) is 0 Å². The lowest BCUT2D eigenvalue weighted by atomic mass is 10.1. The molecule has 2 aliphatic carbocycles. The van der Waals surface area contributed by atoms with E-state index in [4.69, 9.17) is 5.73 Å². The van der Waals surface area contributed by atoms with Crippen LogP contribution < -0.4 is 16.4 Å². The Morgan fingerprint density at radius 3 is 2.90 bits per heavy atom. The van der Waals surface area contributed by atoms with E-state index in [9.17, 15) is 4.79 Å². The maximum Gasteiger partial charge on any atom is 0.241 e. The first kappa shape index (κ1) is 13.9. The number of aliphatic imine (C=N–C) groups is 1. The summed E-state index contributed by atoms with van der Waals surface area (Å²) in [4.78, 5) is 15.7. The van der Waals surface area contributed by atoms with Gasteiger partial charge in [-0.25, -0.2) is 4.99 Å². The van der Waals surface area contributed by atoms with Gasteiger partial charge < -0.3 is 16.4 Å². The molecule has 0 saturated heterocycles. The molecule has 4 N–H and O–H groups in total. The summed E-state index contributed by atoms with van der Waals surface area (Å²) >= 11 is 0. The number of anilines is 1. The first-order valence-corrected chi connectivity index (χ1v) is 7.66. The van der Waals surface area contributed by atoms with Crippen molar-refractivity contribution in [2.45, 2.75) is 32.1 Å². The highest BCUT2D eigenvalue weighted by Crippen LogP contribution is 2.27. The fourth-order valence-corrected chi connectivity index (χ4v) is 2.63. The topological polar surface area (TPSA) is 79.5 Å². The molecule has 0 heterocycles. The smallest absolute Gasteiger partial charge is 0.241 e. The summed E-state index contributed by atoms with van der Waals surface area (Å²) in [6, 6.07) is 6.28. The zero-order valence-corrected chi connectivity index (χ0v) is 12.2. The van der Waals surface area contributed by atoms with Crippen LogP contribution in [0.5, 0.6) is 0 Å². The highest BCUT2D eigenvalue weighted by molar-refractivity contribution is 5.94. The summed E-state index contributed by atoms with van der Waals surface area (Å²) < 4.78 is 0. The van der Waals surface area contributed by atoms with Crippen molar-refractivity contribution in [1.29, 1.82) is 0 Å². The Bertz CT molecular complexity index is 563. The number of aryl methyl sites for hydroxylation is 2. The SMILES string of the molecule is NC(=NCC(=O)NCC1CC1)Nc1ccc2c(c1)CCC2. The molecule has 5 heteroatoms. The van der Waals surface area contributed by atoms with Crippen LogP contribution in [-0.2, 0) is 17.6 Å². The molecule has 21 heavy (non-hydrogen) atoms. The van der Waals surface area contributed by atoms with Crippen LogP contribution in [0.15, 0.2) is 23.2 Å². The van der Waals surface area contributed by atoms with Crippen LogP contribution in [-0.4, -0.2) is 25.0 Å². The zero-order chi connectivity index (χ0) is 14.7. The number of amides is 1. The van der Waals surface area contributed by atoms with E-state index in [0.717, 1.165) is 18.7 Å². The van der Waals surface area contributed by atoms with Crippen molar-refractivity contribution >= 4 is 17.6 Å². The van der Waals surface area contributed by atoms with Crippen molar-refractivity contribution < 1.29 is 4.79 Å². The molecule has 5 nitrogen and oxygen atoms in total. The van der Waals surface area contributed by atoms with Gasteiger partial charge in [0.1, 0.15) is 6.54 Å². The largest absolute Gasteiger partial charge is 0.370 e. The predicted molar refractivity (Wildman–Crippen MR) is 84.3 cm³/mol. The first-order valence-electron chi connectivity index (χ1n) is 7.66. The Morgan fingerprint density at radius 1 is 1.29 bits per heavy atom. The molecule has 1 fully saturated rings. The van der Waals surface area contributed by atoms with Crippen molar-refractivity contribution in [2.75, 3.05) is 18.4 Å². The molecule has 2 aliphatic rings. The zero-order valence-electron chi connectivity index (χ0n) is 12.2. The molecule has 0 aliphatic heterocycles. The maximum absolute atomic E-state index is 11.6. The molecule has 0 unspecified atom stereocenters. The van der Waals surface area contributed by atoms with Gasteiger partial charge in [-0.05, 0) is 61.3 Å². The quantitative estimate of drug-likeness (QED) is 0.566. The average molecular weight is 286 g/mol. The maximum atomic E-state index is 11.6. The van der Waals surface area contributed by atoms with Crippen LogP contribution in [0.3, 0.4) is 0 Å². The summed E-state index contributed by atoms with van der Waals surface area (Å²) in [5, 5.41) is 5.92. The Hall–Kier alpha value is -2.04. The van der Waals surface area contributed by atoms with Crippen LogP contribution in [0.4, 0.5) is 5.69 Å². The van der Waals surface area contributed by atoms with E-state index in [1.807, 2.05) is 6.07 Å². The molecule has 1 aromatic rings. The lowest BCUT2D eigenvalue weighted by Crippen LogP contribution is -2.30. The molecule has 0 atom stereocenters. The number of carbonyl (C=O) groups is 1. The minimum atomic E-state index is -0.0689. The summed E-state index contributed by atoms with van der Waals surface area (Å²) in [7, 11) is 0. The number of hydrogen-bond acceptors (Lipinski definition) is 2. The summed E-state index contributed by atoms with van der Waals surface area (Å²) in [6.07, 6.45) is 5.98. The van der Waals surface area contributed by atoms with Gasteiger partial charge in [0.2, 0.25) is 5.91 Å². The van der Waals surface area contributed by atoms with Gasteiger partial charge in [0.15, 0.2) is 5.96 Å². The highest BCUT2D eigenvalue weighted by Gasteiger charge is 2.21. The highest BCUT2D eigenvalue weighted by atomic mass is 16.1. The molecule has 0 aromatic heterocycles. The van der Waals surface area contributed by atoms with E-state index >= 15 is 0 Å². The van der Waals surface area contributed by atoms with Crippen molar-refractivity contribution in [2.24, 2.45) is 16.6 Å². The summed E-state index contributed by atoms with van der Waals surface area (Å²) in [5.41, 5.74) is 9.58. The van der Waals surface area contributed by atoms with Crippen LogP contribution in [0.25, 0.3) is 0 Å². The Morgan fingerprint density at radius 2 is 2.10 bits per heavy atom. The number of nitrogens with one attached hydrogen (secondary N) is 2. The third kappa shape index (κ3) is 3.97. The number of nitrogens with two attached hydrogens (primary N) is 1. The minimum Gasteiger partial charge on any atom is -0.370 e.